The fourth-order valence-corrected chi connectivity index (χ4v) is 2.70. The molecule has 0 radical (unpaired) electrons. The van der Waals surface area contributed by atoms with Crippen LogP contribution < -0.4 is 15.5 Å². The maximum atomic E-state index is 12.5. The summed E-state index contributed by atoms with van der Waals surface area (Å²) in [6, 6.07) is 15.1. The molecule has 1 fully saturated rings. The molecule has 5 heteroatoms. The molecule has 3 rings (SSSR count). The average molecular weight is 332 g/mol. The van der Waals surface area contributed by atoms with E-state index in [1.807, 2.05) is 48.5 Å². The van der Waals surface area contributed by atoms with E-state index in [0.717, 1.165) is 15.8 Å². The second-order valence-corrected chi connectivity index (χ2v) is 5.57. The summed E-state index contributed by atoms with van der Waals surface area (Å²) < 4.78 is 0.966. The summed E-state index contributed by atoms with van der Waals surface area (Å²) in [4.78, 5) is 16.1. The van der Waals surface area contributed by atoms with E-state index in [0.29, 0.717) is 18.8 Å². The number of urea groups is 1. The van der Waals surface area contributed by atoms with Gasteiger partial charge in [-0.1, -0.05) is 22.0 Å². The number of hydrogen-bond acceptors (Lipinski definition) is 2. The van der Waals surface area contributed by atoms with E-state index in [1.165, 1.54) is 0 Å². The molecule has 2 aromatic carbocycles. The van der Waals surface area contributed by atoms with Gasteiger partial charge in [-0.3, -0.25) is 9.80 Å². The minimum absolute atomic E-state index is 0.00660. The van der Waals surface area contributed by atoms with Gasteiger partial charge in [0.2, 0.25) is 0 Å². The van der Waals surface area contributed by atoms with Gasteiger partial charge in [0, 0.05) is 34.6 Å². The van der Waals surface area contributed by atoms with Crippen molar-refractivity contribution in [2.45, 2.75) is 0 Å². The molecule has 102 valence electrons. The zero-order valence-electron chi connectivity index (χ0n) is 10.8. The third-order valence-electron chi connectivity index (χ3n) is 3.33. The summed E-state index contributed by atoms with van der Waals surface area (Å²) in [5.74, 6) is 0. The quantitative estimate of drug-likeness (QED) is 0.856. The summed E-state index contributed by atoms with van der Waals surface area (Å²) in [6.45, 7) is 1.36. The molecule has 0 spiro atoms. The van der Waals surface area contributed by atoms with Gasteiger partial charge in [0.1, 0.15) is 0 Å². The highest BCUT2D eigenvalue weighted by Gasteiger charge is 2.30. The number of rotatable bonds is 2. The van der Waals surface area contributed by atoms with Crippen molar-refractivity contribution in [3.05, 3.63) is 53.0 Å². The van der Waals surface area contributed by atoms with Crippen LogP contribution in [0.4, 0.5) is 21.9 Å². The lowest BCUT2D eigenvalue weighted by Crippen LogP contribution is -2.31. The molecule has 0 unspecified atom stereocenters. The molecule has 0 saturated carbocycles. The van der Waals surface area contributed by atoms with E-state index in [2.05, 4.69) is 15.9 Å². The van der Waals surface area contributed by atoms with Gasteiger partial charge in [-0.2, -0.15) is 0 Å². The Bertz CT molecular complexity index is 642. The summed E-state index contributed by atoms with van der Waals surface area (Å²) in [7, 11) is 0. The number of hydrogen-bond donors (Lipinski definition) is 1. The van der Waals surface area contributed by atoms with Crippen LogP contribution in [0.2, 0.25) is 0 Å². The number of nitrogens with zero attached hydrogens (tertiary/aromatic N) is 2. The minimum atomic E-state index is -0.00660. The van der Waals surface area contributed by atoms with Gasteiger partial charge in [-0.15, -0.1) is 0 Å². The van der Waals surface area contributed by atoms with Gasteiger partial charge >= 0.3 is 6.03 Å². The van der Waals surface area contributed by atoms with Gasteiger partial charge in [0.25, 0.3) is 0 Å². The molecule has 0 aromatic heterocycles. The largest absolute Gasteiger partial charge is 0.399 e. The highest BCUT2D eigenvalue weighted by atomic mass is 79.9. The number of halogens is 1. The van der Waals surface area contributed by atoms with E-state index in [9.17, 15) is 4.79 Å². The van der Waals surface area contributed by atoms with Crippen LogP contribution in [0, 0.1) is 0 Å². The molecule has 4 nitrogen and oxygen atoms in total. The average Bonchev–Trinajstić information content (AvgIpc) is 2.82. The molecule has 1 saturated heterocycles. The predicted molar refractivity (Wildman–Crippen MR) is 85.1 cm³/mol. The van der Waals surface area contributed by atoms with E-state index >= 15 is 0 Å². The number of benzene rings is 2. The highest BCUT2D eigenvalue weighted by molar-refractivity contribution is 9.10. The maximum Gasteiger partial charge on any atom is 0.329 e. The lowest BCUT2D eigenvalue weighted by atomic mass is 10.2. The molecule has 0 aliphatic carbocycles. The zero-order valence-corrected chi connectivity index (χ0v) is 12.4. The first-order valence-corrected chi connectivity index (χ1v) is 7.14. The molecular formula is C15H14BrN3O. The molecule has 1 heterocycles. The third kappa shape index (κ3) is 2.36. The van der Waals surface area contributed by atoms with Gasteiger partial charge < -0.3 is 5.73 Å². The van der Waals surface area contributed by atoms with Crippen molar-refractivity contribution in [1.82, 2.24) is 0 Å². The molecule has 1 aliphatic heterocycles. The van der Waals surface area contributed by atoms with Crippen LogP contribution in [0.15, 0.2) is 53.0 Å². The maximum absolute atomic E-state index is 12.5. The predicted octanol–water partition coefficient (Wildman–Crippen LogP) is 3.48. The van der Waals surface area contributed by atoms with Crippen molar-refractivity contribution in [2.75, 3.05) is 28.6 Å². The van der Waals surface area contributed by atoms with Crippen LogP contribution in [0.3, 0.4) is 0 Å². The lowest BCUT2D eigenvalue weighted by Gasteiger charge is -2.19. The Balaban J connectivity index is 1.85. The lowest BCUT2D eigenvalue weighted by molar-refractivity contribution is 0.256. The number of nitrogen functional groups attached to an aromatic ring is 1. The van der Waals surface area contributed by atoms with Crippen molar-refractivity contribution >= 4 is 39.0 Å². The van der Waals surface area contributed by atoms with E-state index in [-0.39, 0.29) is 6.03 Å². The van der Waals surface area contributed by atoms with Crippen LogP contribution in [0.25, 0.3) is 0 Å². The first kappa shape index (κ1) is 13.0. The molecule has 2 amide bonds. The first-order chi connectivity index (χ1) is 9.65. The Morgan fingerprint density at radius 3 is 2.25 bits per heavy atom. The fourth-order valence-electron chi connectivity index (χ4n) is 2.31. The fraction of sp³-hybridized carbons (Fsp3) is 0.133. The van der Waals surface area contributed by atoms with Crippen LogP contribution in [0.5, 0.6) is 0 Å². The van der Waals surface area contributed by atoms with Gasteiger partial charge in [0.15, 0.2) is 0 Å². The normalized spacial score (nSPS) is 14.9. The molecule has 2 aromatic rings. The molecule has 0 bridgehead atoms. The minimum Gasteiger partial charge on any atom is -0.399 e. The third-order valence-corrected chi connectivity index (χ3v) is 3.83. The number of amides is 2. The van der Waals surface area contributed by atoms with Crippen molar-refractivity contribution in [2.24, 2.45) is 0 Å². The molecule has 0 atom stereocenters. The summed E-state index contributed by atoms with van der Waals surface area (Å²) in [6.07, 6.45) is 0. The monoisotopic (exact) mass is 331 g/mol. The first-order valence-electron chi connectivity index (χ1n) is 6.35. The molecular weight excluding hydrogens is 318 g/mol. The topological polar surface area (TPSA) is 49.6 Å². The second kappa shape index (κ2) is 5.17. The summed E-state index contributed by atoms with van der Waals surface area (Å²) >= 11 is 3.43. The van der Waals surface area contributed by atoms with Crippen LogP contribution in [0.1, 0.15) is 0 Å². The standard InChI is InChI=1S/C15H14BrN3O/c16-11-2-1-3-14(10-11)19-9-8-18(15(19)20)13-6-4-12(17)5-7-13/h1-7,10H,8-9,17H2. The van der Waals surface area contributed by atoms with Crippen molar-refractivity contribution in [1.29, 1.82) is 0 Å². The van der Waals surface area contributed by atoms with Crippen molar-refractivity contribution in [3.63, 3.8) is 0 Å². The number of carbonyl (C=O) groups is 1. The Morgan fingerprint density at radius 1 is 0.950 bits per heavy atom. The number of anilines is 3. The Labute approximate surface area is 125 Å². The Morgan fingerprint density at radius 2 is 1.60 bits per heavy atom. The van der Waals surface area contributed by atoms with Crippen LogP contribution >= 0.6 is 15.9 Å². The van der Waals surface area contributed by atoms with Gasteiger partial charge in [-0.05, 0) is 42.5 Å². The number of nitrogens with two attached hydrogens (primary N) is 1. The van der Waals surface area contributed by atoms with Gasteiger partial charge in [-0.25, -0.2) is 4.79 Å². The SMILES string of the molecule is Nc1ccc(N2CCN(c3cccc(Br)c3)C2=O)cc1. The molecule has 2 N–H and O–H groups in total. The molecule has 20 heavy (non-hydrogen) atoms. The molecule has 1 aliphatic rings. The second-order valence-electron chi connectivity index (χ2n) is 4.66. The van der Waals surface area contributed by atoms with E-state index < -0.39 is 0 Å². The number of carbonyl (C=O) groups excluding carboxylic acids is 1. The van der Waals surface area contributed by atoms with Crippen molar-refractivity contribution < 1.29 is 4.79 Å². The van der Waals surface area contributed by atoms with Crippen LogP contribution in [-0.2, 0) is 0 Å². The Hall–Kier alpha value is -2.01. The summed E-state index contributed by atoms with van der Waals surface area (Å²) in [5.41, 5.74) is 8.16. The van der Waals surface area contributed by atoms with E-state index in [1.54, 1.807) is 9.80 Å². The van der Waals surface area contributed by atoms with Crippen molar-refractivity contribution in [3.8, 4) is 0 Å². The summed E-state index contributed by atoms with van der Waals surface area (Å²) in [5, 5.41) is 0. The smallest absolute Gasteiger partial charge is 0.329 e. The van der Waals surface area contributed by atoms with Gasteiger partial charge in [0.05, 0.1) is 0 Å². The van der Waals surface area contributed by atoms with Crippen LogP contribution in [-0.4, -0.2) is 19.1 Å². The van der Waals surface area contributed by atoms with E-state index in [4.69, 9.17) is 5.73 Å². The Kier molecular flexibility index (Phi) is 3.36. The highest BCUT2D eigenvalue weighted by Crippen LogP contribution is 2.27. The zero-order chi connectivity index (χ0) is 14.1.